The molecule has 0 heterocycles. The third kappa shape index (κ3) is 3.59. The highest BCUT2D eigenvalue weighted by molar-refractivity contribution is 5.66. The Labute approximate surface area is 121 Å². The first-order valence-corrected chi connectivity index (χ1v) is 6.28. The van der Waals surface area contributed by atoms with E-state index < -0.39 is 11.7 Å². The number of nitrogen functional groups attached to an aromatic ring is 1. The van der Waals surface area contributed by atoms with Crippen LogP contribution in [0.15, 0.2) is 42.5 Å². The molecule has 6 heteroatoms. The first-order valence-electron chi connectivity index (χ1n) is 6.28. The Hall–Kier alpha value is -2.37. The molecule has 112 valence electrons. The lowest BCUT2D eigenvalue weighted by molar-refractivity contribution is -0.136. The van der Waals surface area contributed by atoms with Crippen molar-refractivity contribution in [2.24, 2.45) is 0 Å². The second kappa shape index (κ2) is 5.55. The molecule has 0 unspecified atom stereocenters. The number of anilines is 4. The van der Waals surface area contributed by atoms with Gasteiger partial charge in [-0.15, -0.1) is 0 Å². The van der Waals surface area contributed by atoms with Gasteiger partial charge in [0, 0.05) is 36.8 Å². The second-order valence-electron chi connectivity index (χ2n) is 4.87. The van der Waals surface area contributed by atoms with Gasteiger partial charge < -0.3 is 16.0 Å². The van der Waals surface area contributed by atoms with Crippen LogP contribution in [-0.2, 0) is 6.18 Å². The summed E-state index contributed by atoms with van der Waals surface area (Å²) in [6.45, 7) is 0. The first kappa shape index (κ1) is 15.0. The summed E-state index contributed by atoms with van der Waals surface area (Å²) in [6.07, 6.45) is -4.46. The number of alkyl halides is 3. The topological polar surface area (TPSA) is 41.3 Å². The molecule has 0 aliphatic rings. The Bertz CT molecular complexity index is 619. The van der Waals surface area contributed by atoms with Gasteiger partial charge >= 0.3 is 6.18 Å². The van der Waals surface area contributed by atoms with Gasteiger partial charge in [0.25, 0.3) is 0 Å². The van der Waals surface area contributed by atoms with Gasteiger partial charge in [0.15, 0.2) is 0 Å². The molecule has 0 amide bonds. The molecular formula is C15H16F3N3. The van der Waals surface area contributed by atoms with Crippen LogP contribution in [0.5, 0.6) is 0 Å². The lowest BCUT2D eigenvalue weighted by Gasteiger charge is -2.15. The summed E-state index contributed by atoms with van der Waals surface area (Å²) in [5.74, 6) is 0. The highest BCUT2D eigenvalue weighted by Gasteiger charge is 2.33. The maximum absolute atomic E-state index is 12.8. The van der Waals surface area contributed by atoms with Gasteiger partial charge in [-0.25, -0.2) is 0 Å². The standard InChI is InChI=1S/C15H16F3N3/c1-21(2)12-6-3-10(4-7-12)20-11-5-8-14(19)13(9-11)15(16,17)18/h3-9,20H,19H2,1-2H3. The zero-order valence-corrected chi connectivity index (χ0v) is 11.7. The molecular weight excluding hydrogens is 279 g/mol. The van der Waals surface area contributed by atoms with Crippen LogP contribution in [0.25, 0.3) is 0 Å². The van der Waals surface area contributed by atoms with E-state index in [9.17, 15) is 13.2 Å². The number of rotatable bonds is 3. The lowest BCUT2D eigenvalue weighted by atomic mass is 10.1. The van der Waals surface area contributed by atoms with Crippen LogP contribution in [0.3, 0.4) is 0 Å². The van der Waals surface area contributed by atoms with Crippen LogP contribution < -0.4 is 16.0 Å². The molecule has 0 aliphatic carbocycles. The van der Waals surface area contributed by atoms with Crippen molar-refractivity contribution >= 4 is 22.7 Å². The van der Waals surface area contributed by atoms with Gasteiger partial charge in [0.2, 0.25) is 0 Å². The number of hydrogen-bond donors (Lipinski definition) is 2. The minimum Gasteiger partial charge on any atom is -0.398 e. The van der Waals surface area contributed by atoms with Gasteiger partial charge in [-0.1, -0.05) is 0 Å². The lowest BCUT2D eigenvalue weighted by Crippen LogP contribution is -2.09. The highest BCUT2D eigenvalue weighted by Crippen LogP contribution is 2.35. The molecule has 2 aromatic rings. The van der Waals surface area contributed by atoms with E-state index in [1.807, 2.05) is 31.1 Å². The second-order valence-corrected chi connectivity index (χ2v) is 4.87. The zero-order valence-electron chi connectivity index (χ0n) is 11.7. The molecule has 0 aromatic heterocycles. The number of hydrogen-bond acceptors (Lipinski definition) is 3. The Balaban J connectivity index is 2.24. The summed E-state index contributed by atoms with van der Waals surface area (Å²) in [4.78, 5) is 1.94. The van der Waals surface area contributed by atoms with E-state index >= 15 is 0 Å². The van der Waals surface area contributed by atoms with Crippen molar-refractivity contribution in [3.63, 3.8) is 0 Å². The predicted molar refractivity (Wildman–Crippen MR) is 79.9 cm³/mol. The molecule has 0 spiro atoms. The average molecular weight is 295 g/mol. The summed E-state index contributed by atoms with van der Waals surface area (Å²) >= 11 is 0. The van der Waals surface area contributed by atoms with Gasteiger partial charge in [0.05, 0.1) is 5.56 Å². The van der Waals surface area contributed by atoms with Crippen molar-refractivity contribution in [2.45, 2.75) is 6.18 Å². The summed E-state index contributed by atoms with van der Waals surface area (Å²) in [6, 6.07) is 11.1. The molecule has 3 nitrogen and oxygen atoms in total. The average Bonchev–Trinajstić information content (AvgIpc) is 2.40. The number of benzene rings is 2. The number of halogens is 3. The van der Waals surface area contributed by atoms with E-state index in [1.54, 1.807) is 12.1 Å². The van der Waals surface area contributed by atoms with Gasteiger partial charge in [-0.2, -0.15) is 13.2 Å². The Morgan fingerprint density at radius 1 is 0.952 bits per heavy atom. The van der Waals surface area contributed by atoms with Gasteiger partial charge in [-0.05, 0) is 42.5 Å². The van der Waals surface area contributed by atoms with Crippen molar-refractivity contribution in [3.05, 3.63) is 48.0 Å². The fourth-order valence-electron chi connectivity index (χ4n) is 1.89. The number of nitrogens with zero attached hydrogens (tertiary/aromatic N) is 1. The van der Waals surface area contributed by atoms with Crippen LogP contribution in [0.4, 0.5) is 35.9 Å². The van der Waals surface area contributed by atoms with Crippen LogP contribution in [0.2, 0.25) is 0 Å². The van der Waals surface area contributed by atoms with Gasteiger partial charge in [0.1, 0.15) is 0 Å². The van der Waals surface area contributed by atoms with Crippen LogP contribution >= 0.6 is 0 Å². The minimum atomic E-state index is -4.46. The molecule has 0 atom stereocenters. The summed E-state index contributed by atoms with van der Waals surface area (Å²) in [5, 5.41) is 2.94. The number of nitrogens with one attached hydrogen (secondary N) is 1. The third-order valence-electron chi connectivity index (χ3n) is 3.03. The number of nitrogens with two attached hydrogens (primary N) is 1. The molecule has 2 aromatic carbocycles. The maximum Gasteiger partial charge on any atom is 0.418 e. The normalized spacial score (nSPS) is 11.3. The van der Waals surface area contributed by atoms with Crippen molar-refractivity contribution in [3.8, 4) is 0 Å². The van der Waals surface area contributed by atoms with E-state index in [0.29, 0.717) is 11.4 Å². The Morgan fingerprint density at radius 2 is 1.52 bits per heavy atom. The van der Waals surface area contributed by atoms with Crippen molar-refractivity contribution in [1.82, 2.24) is 0 Å². The van der Waals surface area contributed by atoms with Crippen LogP contribution in [0.1, 0.15) is 5.56 Å². The maximum atomic E-state index is 12.8. The monoisotopic (exact) mass is 295 g/mol. The molecule has 0 bridgehead atoms. The summed E-state index contributed by atoms with van der Waals surface area (Å²) in [7, 11) is 3.83. The van der Waals surface area contributed by atoms with E-state index in [4.69, 9.17) is 5.73 Å². The summed E-state index contributed by atoms with van der Waals surface area (Å²) in [5.41, 5.74) is 6.31. The molecule has 2 rings (SSSR count). The molecule has 21 heavy (non-hydrogen) atoms. The first-order chi connectivity index (χ1) is 9.77. The van der Waals surface area contributed by atoms with Crippen LogP contribution in [0, 0.1) is 0 Å². The third-order valence-corrected chi connectivity index (χ3v) is 3.03. The summed E-state index contributed by atoms with van der Waals surface area (Å²) < 4.78 is 38.4. The van der Waals surface area contributed by atoms with Gasteiger partial charge in [-0.3, -0.25) is 0 Å². The molecule has 0 fully saturated rings. The fourth-order valence-corrected chi connectivity index (χ4v) is 1.89. The Kier molecular flexibility index (Phi) is 3.97. The highest BCUT2D eigenvalue weighted by atomic mass is 19.4. The Morgan fingerprint density at radius 3 is 2.05 bits per heavy atom. The molecule has 0 radical (unpaired) electrons. The van der Waals surface area contributed by atoms with E-state index in [1.165, 1.54) is 12.1 Å². The fraction of sp³-hybridized carbons (Fsp3) is 0.200. The van der Waals surface area contributed by atoms with E-state index in [-0.39, 0.29) is 5.69 Å². The predicted octanol–water partition coefficient (Wildman–Crippen LogP) is 4.10. The van der Waals surface area contributed by atoms with E-state index in [0.717, 1.165) is 11.8 Å². The van der Waals surface area contributed by atoms with Crippen molar-refractivity contribution in [2.75, 3.05) is 30.0 Å². The quantitative estimate of drug-likeness (QED) is 0.838. The van der Waals surface area contributed by atoms with Crippen molar-refractivity contribution < 1.29 is 13.2 Å². The molecule has 3 N–H and O–H groups in total. The minimum absolute atomic E-state index is 0.281. The molecule has 0 aliphatic heterocycles. The van der Waals surface area contributed by atoms with Crippen molar-refractivity contribution in [1.29, 1.82) is 0 Å². The zero-order chi connectivity index (χ0) is 15.6. The smallest absolute Gasteiger partial charge is 0.398 e. The SMILES string of the molecule is CN(C)c1ccc(Nc2ccc(N)c(C(F)(F)F)c2)cc1. The largest absolute Gasteiger partial charge is 0.418 e. The molecule has 0 saturated heterocycles. The van der Waals surface area contributed by atoms with Crippen LogP contribution in [-0.4, -0.2) is 14.1 Å². The van der Waals surface area contributed by atoms with E-state index in [2.05, 4.69) is 5.32 Å². The molecule has 0 saturated carbocycles.